The number of rotatable bonds is 7. The largest absolute Gasteiger partial charge is 0.340 e. The number of hydrogen-bond acceptors (Lipinski definition) is 6. The maximum absolute atomic E-state index is 13.8. The number of carbonyl (C=O) groups excluding carboxylic acids is 4. The summed E-state index contributed by atoms with van der Waals surface area (Å²) in [6, 6.07) is 10.9. The number of benzene rings is 1. The maximum atomic E-state index is 13.8. The highest BCUT2D eigenvalue weighted by molar-refractivity contribution is 7.17. The Labute approximate surface area is 228 Å². The molecule has 9 heteroatoms. The van der Waals surface area contributed by atoms with E-state index in [2.05, 4.69) is 5.32 Å². The predicted octanol–water partition coefficient (Wildman–Crippen LogP) is 3.31. The van der Waals surface area contributed by atoms with E-state index < -0.39 is 23.5 Å². The Bertz CT molecular complexity index is 1200. The van der Waals surface area contributed by atoms with E-state index in [9.17, 15) is 19.2 Å². The fraction of sp³-hybridized carbons (Fsp3) is 0.517. The summed E-state index contributed by atoms with van der Waals surface area (Å²) in [6.45, 7) is 9.98. The second-order valence-corrected chi connectivity index (χ2v) is 12.9. The van der Waals surface area contributed by atoms with Crippen LogP contribution in [-0.2, 0) is 14.4 Å². The zero-order valence-electron chi connectivity index (χ0n) is 22.8. The minimum atomic E-state index is -0.766. The van der Waals surface area contributed by atoms with Gasteiger partial charge < -0.3 is 20.9 Å². The molecule has 0 spiro atoms. The van der Waals surface area contributed by atoms with Crippen molar-refractivity contribution >= 4 is 34.8 Å². The molecule has 3 N–H and O–H groups in total. The first-order chi connectivity index (χ1) is 17.9. The Kier molecular flexibility index (Phi) is 8.09. The third kappa shape index (κ3) is 5.68. The molecule has 0 saturated carbocycles. The lowest BCUT2D eigenvalue weighted by atomic mass is 9.86. The van der Waals surface area contributed by atoms with Crippen LogP contribution in [0.4, 0.5) is 0 Å². The monoisotopic (exact) mass is 538 g/mol. The quantitative estimate of drug-likeness (QED) is 0.562. The molecule has 8 nitrogen and oxygen atoms in total. The summed E-state index contributed by atoms with van der Waals surface area (Å²) in [6.07, 6.45) is 0.958. The fourth-order valence-electron chi connectivity index (χ4n) is 5.25. The standard InChI is InChI=1S/C29H38N4O4S/c1-17(2)15-19(31-26(35)23-12-11-22(38-23)18-9-7-6-8-10-18)27(36)32-14-13-20-24(32)21(34)16-33(20)28(37)25(30)29(3,4)5/h6-12,17,19-20,24-25H,13-16,30H2,1-5H3,(H,31,35). The van der Waals surface area contributed by atoms with Crippen molar-refractivity contribution in [1.82, 2.24) is 15.1 Å². The van der Waals surface area contributed by atoms with E-state index in [1.807, 2.05) is 71.0 Å². The number of carbonyl (C=O) groups is 4. The van der Waals surface area contributed by atoms with Crippen molar-refractivity contribution in [3.05, 3.63) is 47.3 Å². The molecule has 4 unspecified atom stereocenters. The molecular formula is C29H38N4O4S. The van der Waals surface area contributed by atoms with Crippen molar-refractivity contribution in [2.45, 2.75) is 71.6 Å². The number of nitrogens with zero attached hydrogens (tertiary/aromatic N) is 2. The molecule has 4 atom stereocenters. The molecule has 4 rings (SSSR count). The van der Waals surface area contributed by atoms with Crippen LogP contribution in [0, 0.1) is 11.3 Å². The highest BCUT2D eigenvalue weighted by Crippen LogP contribution is 2.33. The Balaban J connectivity index is 1.49. The van der Waals surface area contributed by atoms with Gasteiger partial charge in [0.25, 0.3) is 5.91 Å². The molecule has 2 aliphatic heterocycles. The van der Waals surface area contributed by atoms with Gasteiger partial charge in [-0.1, -0.05) is 65.0 Å². The van der Waals surface area contributed by atoms with E-state index in [4.69, 9.17) is 5.73 Å². The van der Waals surface area contributed by atoms with Gasteiger partial charge in [-0.3, -0.25) is 19.2 Å². The van der Waals surface area contributed by atoms with Gasteiger partial charge in [-0.15, -0.1) is 11.3 Å². The maximum Gasteiger partial charge on any atom is 0.262 e. The van der Waals surface area contributed by atoms with Crippen molar-refractivity contribution in [2.75, 3.05) is 13.1 Å². The Morgan fingerprint density at radius 2 is 1.74 bits per heavy atom. The minimum Gasteiger partial charge on any atom is -0.340 e. The number of ketones is 1. The SMILES string of the molecule is CC(C)CC(NC(=O)c1ccc(-c2ccccc2)s1)C(=O)N1CCC2C1C(=O)CN2C(=O)C(N)C(C)(C)C. The second-order valence-electron chi connectivity index (χ2n) is 11.8. The predicted molar refractivity (Wildman–Crippen MR) is 149 cm³/mol. The Morgan fingerprint density at radius 1 is 1.05 bits per heavy atom. The number of fused-ring (bicyclic) bond motifs is 1. The molecule has 38 heavy (non-hydrogen) atoms. The molecule has 1 aromatic heterocycles. The zero-order chi connectivity index (χ0) is 27.8. The van der Waals surface area contributed by atoms with Crippen molar-refractivity contribution in [3.63, 3.8) is 0 Å². The molecule has 2 fully saturated rings. The number of thiophene rings is 1. The van der Waals surface area contributed by atoms with Gasteiger partial charge in [-0.25, -0.2) is 0 Å². The van der Waals surface area contributed by atoms with Crippen LogP contribution in [0.1, 0.15) is 57.1 Å². The van der Waals surface area contributed by atoms with Gasteiger partial charge in [0.2, 0.25) is 11.8 Å². The van der Waals surface area contributed by atoms with Crippen LogP contribution in [0.5, 0.6) is 0 Å². The van der Waals surface area contributed by atoms with E-state index in [-0.39, 0.29) is 42.0 Å². The number of Topliss-reactive ketones (excluding diaryl/α,β-unsaturated/α-hetero) is 1. The van der Waals surface area contributed by atoms with E-state index in [0.717, 1.165) is 10.4 Å². The summed E-state index contributed by atoms with van der Waals surface area (Å²) < 4.78 is 0. The first-order valence-electron chi connectivity index (χ1n) is 13.2. The van der Waals surface area contributed by atoms with Gasteiger partial charge in [-0.05, 0) is 41.9 Å². The lowest BCUT2D eigenvalue weighted by Gasteiger charge is -2.32. The molecule has 2 aromatic rings. The number of amides is 3. The van der Waals surface area contributed by atoms with Gasteiger partial charge >= 0.3 is 0 Å². The van der Waals surface area contributed by atoms with Crippen molar-refractivity contribution < 1.29 is 19.2 Å². The summed E-state index contributed by atoms with van der Waals surface area (Å²) >= 11 is 1.38. The zero-order valence-corrected chi connectivity index (χ0v) is 23.6. The van der Waals surface area contributed by atoms with E-state index >= 15 is 0 Å². The third-order valence-corrected chi connectivity index (χ3v) is 8.52. The van der Waals surface area contributed by atoms with E-state index in [1.54, 1.807) is 15.9 Å². The van der Waals surface area contributed by atoms with Gasteiger partial charge in [0, 0.05) is 11.4 Å². The summed E-state index contributed by atoms with van der Waals surface area (Å²) in [5.41, 5.74) is 6.80. The Hall–Kier alpha value is -3.04. The summed E-state index contributed by atoms with van der Waals surface area (Å²) in [5, 5.41) is 2.94. The molecule has 0 radical (unpaired) electrons. The van der Waals surface area contributed by atoms with Crippen molar-refractivity contribution in [2.24, 2.45) is 17.1 Å². The van der Waals surface area contributed by atoms with E-state index in [0.29, 0.717) is 24.3 Å². The molecule has 2 aliphatic rings. The fourth-order valence-corrected chi connectivity index (χ4v) is 6.16. The highest BCUT2D eigenvalue weighted by Gasteiger charge is 2.53. The number of likely N-dealkylation sites (tertiary alicyclic amines) is 2. The minimum absolute atomic E-state index is 0.0413. The molecule has 204 valence electrons. The van der Waals surface area contributed by atoms with Gasteiger partial charge in [0.15, 0.2) is 5.78 Å². The van der Waals surface area contributed by atoms with Crippen LogP contribution in [-0.4, -0.2) is 70.6 Å². The molecule has 1 aromatic carbocycles. The molecule has 3 heterocycles. The number of nitrogens with one attached hydrogen (secondary N) is 1. The van der Waals surface area contributed by atoms with E-state index in [1.165, 1.54) is 11.3 Å². The molecule has 0 aliphatic carbocycles. The topological polar surface area (TPSA) is 113 Å². The van der Waals surface area contributed by atoms with Crippen molar-refractivity contribution in [1.29, 1.82) is 0 Å². The normalized spacial score (nSPS) is 21.0. The van der Waals surface area contributed by atoms with Crippen LogP contribution >= 0.6 is 11.3 Å². The van der Waals surface area contributed by atoms with Gasteiger partial charge in [0.1, 0.15) is 12.1 Å². The molecule has 2 saturated heterocycles. The summed E-state index contributed by atoms with van der Waals surface area (Å²) in [7, 11) is 0. The molecule has 0 bridgehead atoms. The van der Waals surface area contributed by atoms with Gasteiger partial charge in [-0.2, -0.15) is 0 Å². The smallest absolute Gasteiger partial charge is 0.262 e. The summed E-state index contributed by atoms with van der Waals surface area (Å²) in [4.78, 5) is 57.8. The average molecular weight is 539 g/mol. The van der Waals surface area contributed by atoms with Gasteiger partial charge in [0.05, 0.1) is 23.5 Å². The lowest BCUT2D eigenvalue weighted by Crippen LogP contribution is -2.54. The Morgan fingerprint density at radius 3 is 2.37 bits per heavy atom. The summed E-state index contributed by atoms with van der Waals surface area (Å²) in [5.74, 6) is -0.852. The van der Waals surface area contributed by atoms with Crippen LogP contribution < -0.4 is 11.1 Å². The number of nitrogens with two attached hydrogens (primary N) is 1. The average Bonchev–Trinajstić information content (AvgIpc) is 3.59. The number of hydrogen-bond donors (Lipinski definition) is 2. The first kappa shape index (κ1) is 28.0. The van der Waals surface area contributed by atoms with Crippen LogP contribution in [0.15, 0.2) is 42.5 Å². The van der Waals surface area contributed by atoms with Crippen LogP contribution in [0.2, 0.25) is 0 Å². The van der Waals surface area contributed by atoms with Crippen LogP contribution in [0.3, 0.4) is 0 Å². The first-order valence-corrected chi connectivity index (χ1v) is 14.1. The van der Waals surface area contributed by atoms with Crippen LogP contribution in [0.25, 0.3) is 10.4 Å². The molecule has 3 amide bonds. The van der Waals surface area contributed by atoms with Crippen molar-refractivity contribution in [3.8, 4) is 10.4 Å². The third-order valence-electron chi connectivity index (χ3n) is 7.39. The lowest BCUT2D eigenvalue weighted by molar-refractivity contribution is -0.138. The highest BCUT2D eigenvalue weighted by atomic mass is 32.1. The molecular weight excluding hydrogens is 500 g/mol. The second kappa shape index (κ2) is 11.0.